The number of aromatic nitrogens is 2. The summed E-state index contributed by atoms with van der Waals surface area (Å²) >= 11 is 0. The highest BCUT2D eigenvalue weighted by molar-refractivity contribution is 5.79. The van der Waals surface area contributed by atoms with Crippen molar-refractivity contribution in [3.05, 3.63) is 91.0 Å². The first-order valence-electron chi connectivity index (χ1n) is 8.32. The van der Waals surface area contributed by atoms with Crippen molar-refractivity contribution in [1.29, 1.82) is 0 Å². The molecular weight excluding hydrogens is 322 g/mol. The Hall–Kier alpha value is -3.66. The normalized spacial score (nSPS) is 10.5. The molecular formula is C22H17N3O. The number of ether oxygens (including phenoxy) is 1. The quantitative estimate of drug-likeness (QED) is 0.556. The lowest BCUT2D eigenvalue weighted by atomic mass is 10.1. The van der Waals surface area contributed by atoms with Crippen molar-refractivity contribution in [1.82, 2.24) is 9.97 Å². The fraction of sp³-hybridized carbons (Fsp3) is 0. The molecule has 3 aromatic carbocycles. The van der Waals surface area contributed by atoms with Crippen LogP contribution in [0.5, 0.6) is 11.5 Å². The van der Waals surface area contributed by atoms with E-state index in [-0.39, 0.29) is 5.95 Å². The van der Waals surface area contributed by atoms with E-state index >= 15 is 0 Å². The summed E-state index contributed by atoms with van der Waals surface area (Å²) in [6.07, 6.45) is 0. The Kier molecular flexibility index (Phi) is 4.31. The fourth-order valence-corrected chi connectivity index (χ4v) is 2.75. The molecule has 26 heavy (non-hydrogen) atoms. The minimum atomic E-state index is 0.211. The molecule has 4 heteroatoms. The van der Waals surface area contributed by atoms with Gasteiger partial charge in [0.1, 0.15) is 17.1 Å². The van der Waals surface area contributed by atoms with Crippen LogP contribution in [0.1, 0.15) is 0 Å². The summed E-state index contributed by atoms with van der Waals surface area (Å²) in [5.74, 6) is 1.51. The summed E-state index contributed by atoms with van der Waals surface area (Å²) in [5, 5.41) is 0. The monoisotopic (exact) mass is 339 g/mol. The molecule has 4 nitrogen and oxygen atoms in total. The Bertz CT molecular complexity index is 943. The minimum Gasteiger partial charge on any atom is -0.453 e. The van der Waals surface area contributed by atoms with Crippen molar-refractivity contribution < 1.29 is 4.74 Å². The fourth-order valence-electron chi connectivity index (χ4n) is 2.75. The maximum atomic E-state index is 6.22. The maximum absolute atomic E-state index is 6.22. The van der Waals surface area contributed by atoms with Crippen LogP contribution in [0.4, 0.5) is 5.95 Å². The van der Waals surface area contributed by atoms with Gasteiger partial charge in [-0.05, 0) is 12.1 Å². The van der Waals surface area contributed by atoms with E-state index in [4.69, 9.17) is 10.5 Å². The van der Waals surface area contributed by atoms with Gasteiger partial charge in [-0.1, -0.05) is 78.9 Å². The number of nitrogen functional groups attached to an aromatic ring is 1. The average molecular weight is 339 g/mol. The first-order valence-corrected chi connectivity index (χ1v) is 8.32. The molecule has 1 heterocycles. The zero-order valence-electron chi connectivity index (χ0n) is 14.0. The van der Waals surface area contributed by atoms with Gasteiger partial charge in [-0.15, -0.1) is 0 Å². The Morgan fingerprint density at radius 3 is 1.46 bits per heavy atom. The molecule has 0 fully saturated rings. The van der Waals surface area contributed by atoms with Crippen LogP contribution in [-0.2, 0) is 0 Å². The van der Waals surface area contributed by atoms with Crippen molar-refractivity contribution in [2.45, 2.75) is 0 Å². The molecule has 0 unspecified atom stereocenters. The molecule has 0 aliphatic carbocycles. The van der Waals surface area contributed by atoms with Crippen LogP contribution < -0.4 is 10.5 Å². The first-order chi connectivity index (χ1) is 12.8. The second-order valence-electron chi connectivity index (χ2n) is 5.76. The lowest BCUT2D eigenvalue weighted by Crippen LogP contribution is -2.03. The van der Waals surface area contributed by atoms with Gasteiger partial charge in [0, 0.05) is 11.1 Å². The molecule has 0 saturated carbocycles. The van der Waals surface area contributed by atoms with Gasteiger partial charge in [-0.3, -0.25) is 0 Å². The van der Waals surface area contributed by atoms with Gasteiger partial charge < -0.3 is 10.5 Å². The van der Waals surface area contributed by atoms with E-state index in [1.165, 1.54) is 0 Å². The second-order valence-corrected chi connectivity index (χ2v) is 5.76. The molecule has 126 valence electrons. The summed E-state index contributed by atoms with van der Waals surface area (Å²) in [5.41, 5.74) is 9.20. The van der Waals surface area contributed by atoms with E-state index in [2.05, 4.69) is 9.97 Å². The molecule has 2 N–H and O–H groups in total. The molecule has 0 radical (unpaired) electrons. The highest BCUT2D eigenvalue weighted by Crippen LogP contribution is 2.39. The molecule has 0 amide bonds. The molecule has 0 saturated heterocycles. The van der Waals surface area contributed by atoms with Crippen molar-refractivity contribution in [3.8, 4) is 34.0 Å². The van der Waals surface area contributed by atoms with E-state index in [1.807, 2.05) is 91.0 Å². The van der Waals surface area contributed by atoms with Gasteiger partial charge in [-0.2, -0.15) is 0 Å². The van der Waals surface area contributed by atoms with Gasteiger partial charge in [0.2, 0.25) is 5.95 Å². The number of nitrogens with zero attached hydrogens (tertiary/aromatic N) is 2. The third kappa shape index (κ3) is 3.26. The molecule has 4 aromatic rings. The zero-order chi connectivity index (χ0) is 17.8. The van der Waals surface area contributed by atoms with E-state index in [0.29, 0.717) is 17.1 Å². The third-order valence-electron chi connectivity index (χ3n) is 3.94. The predicted molar refractivity (Wildman–Crippen MR) is 104 cm³/mol. The molecule has 0 aliphatic heterocycles. The van der Waals surface area contributed by atoms with Gasteiger partial charge in [0.15, 0.2) is 5.75 Å². The number of anilines is 1. The third-order valence-corrected chi connectivity index (χ3v) is 3.94. The Labute approximate surface area is 151 Å². The minimum absolute atomic E-state index is 0.211. The van der Waals surface area contributed by atoms with E-state index in [1.54, 1.807) is 0 Å². The molecule has 0 bridgehead atoms. The number of nitrogens with two attached hydrogens (primary N) is 1. The second kappa shape index (κ2) is 7.07. The number of benzene rings is 3. The van der Waals surface area contributed by atoms with Crippen molar-refractivity contribution in [3.63, 3.8) is 0 Å². The van der Waals surface area contributed by atoms with Crippen LogP contribution in [0.25, 0.3) is 22.5 Å². The Morgan fingerprint density at radius 2 is 1.00 bits per heavy atom. The van der Waals surface area contributed by atoms with E-state index in [9.17, 15) is 0 Å². The summed E-state index contributed by atoms with van der Waals surface area (Å²) in [4.78, 5) is 8.93. The molecule has 0 atom stereocenters. The van der Waals surface area contributed by atoms with E-state index < -0.39 is 0 Å². The first kappa shape index (κ1) is 15.8. The number of para-hydroxylation sites is 1. The summed E-state index contributed by atoms with van der Waals surface area (Å²) in [7, 11) is 0. The molecule has 0 aliphatic rings. The van der Waals surface area contributed by atoms with E-state index in [0.717, 1.165) is 16.9 Å². The maximum Gasteiger partial charge on any atom is 0.221 e. The largest absolute Gasteiger partial charge is 0.453 e. The number of rotatable bonds is 4. The van der Waals surface area contributed by atoms with Gasteiger partial charge in [0.25, 0.3) is 0 Å². The average Bonchev–Trinajstić information content (AvgIpc) is 2.71. The topological polar surface area (TPSA) is 61.0 Å². The predicted octanol–water partition coefficient (Wildman–Crippen LogP) is 5.19. The Balaban J connectivity index is 1.95. The van der Waals surface area contributed by atoms with Crippen molar-refractivity contribution in [2.24, 2.45) is 0 Å². The number of hydrogen-bond donors (Lipinski definition) is 1. The van der Waals surface area contributed by atoms with Crippen LogP contribution in [0.15, 0.2) is 91.0 Å². The van der Waals surface area contributed by atoms with Crippen molar-refractivity contribution >= 4 is 5.95 Å². The van der Waals surface area contributed by atoms with Gasteiger partial charge >= 0.3 is 0 Å². The molecule has 1 aromatic heterocycles. The summed E-state index contributed by atoms with van der Waals surface area (Å²) in [6.45, 7) is 0. The van der Waals surface area contributed by atoms with Crippen LogP contribution in [-0.4, -0.2) is 9.97 Å². The van der Waals surface area contributed by atoms with Crippen molar-refractivity contribution in [2.75, 3.05) is 5.73 Å². The van der Waals surface area contributed by atoms with Gasteiger partial charge in [0.05, 0.1) is 0 Å². The lowest BCUT2D eigenvalue weighted by Gasteiger charge is -2.15. The molecule has 0 spiro atoms. The van der Waals surface area contributed by atoms with Crippen LogP contribution in [0, 0.1) is 0 Å². The highest BCUT2D eigenvalue weighted by Gasteiger charge is 2.19. The zero-order valence-corrected chi connectivity index (χ0v) is 14.0. The lowest BCUT2D eigenvalue weighted by molar-refractivity contribution is 0.482. The smallest absolute Gasteiger partial charge is 0.221 e. The highest BCUT2D eigenvalue weighted by atomic mass is 16.5. The number of hydrogen-bond acceptors (Lipinski definition) is 4. The molecule has 4 rings (SSSR count). The standard InChI is InChI=1S/C22H17N3O/c23-22-24-19(16-10-4-1-5-11-16)21(26-18-14-8-3-9-15-18)20(25-22)17-12-6-2-7-13-17/h1-15H,(H2,23,24,25). The van der Waals surface area contributed by atoms with Crippen LogP contribution in [0.2, 0.25) is 0 Å². The van der Waals surface area contributed by atoms with Gasteiger partial charge in [-0.25, -0.2) is 9.97 Å². The Morgan fingerprint density at radius 1 is 0.577 bits per heavy atom. The summed E-state index contributed by atoms with van der Waals surface area (Å²) in [6, 6.07) is 29.3. The summed E-state index contributed by atoms with van der Waals surface area (Å²) < 4.78 is 6.22. The SMILES string of the molecule is Nc1nc(-c2ccccc2)c(Oc2ccccc2)c(-c2ccccc2)n1. The van der Waals surface area contributed by atoms with Crippen LogP contribution >= 0.6 is 0 Å². The van der Waals surface area contributed by atoms with Crippen LogP contribution in [0.3, 0.4) is 0 Å².